The summed E-state index contributed by atoms with van der Waals surface area (Å²) in [5, 5.41) is 37.2. The van der Waals surface area contributed by atoms with E-state index in [0.717, 1.165) is 46.5 Å². The van der Waals surface area contributed by atoms with Crippen LogP contribution in [0.2, 0.25) is 0 Å². The molecule has 0 spiro atoms. The molecule has 10 nitrogen and oxygen atoms in total. The number of fused-ring (bicyclic) bond motifs is 1. The number of aliphatic hydroxyl groups excluding tert-OH is 2. The van der Waals surface area contributed by atoms with E-state index in [1.165, 1.54) is 6.08 Å². The van der Waals surface area contributed by atoms with E-state index in [4.69, 9.17) is 5.11 Å². The molecule has 4 heterocycles. The molecule has 0 saturated carbocycles. The van der Waals surface area contributed by atoms with Gasteiger partial charge in [-0.3, -0.25) is 9.48 Å². The van der Waals surface area contributed by atoms with E-state index in [0.29, 0.717) is 18.7 Å². The van der Waals surface area contributed by atoms with Gasteiger partial charge in [0.2, 0.25) is 5.91 Å². The van der Waals surface area contributed by atoms with Gasteiger partial charge >= 0.3 is 0 Å². The van der Waals surface area contributed by atoms with Crippen molar-refractivity contribution in [3.63, 3.8) is 0 Å². The van der Waals surface area contributed by atoms with Crippen LogP contribution in [0.1, 0.15) is 5.56 Å². The molecule has 1 fully saturated rings. The number of nitrogens with zero attached hydrogens (tertiary/aromatic N) is 7. The smallest absolute Gasteiger partial charge is 0.246 e. The van der Waals surface area contributed by atoms with Gasteiger partial charge in [-0.2, -0.15) is 15.5 Å². The monoisotopic (exact) mass is 497 g/mol. The molecule has 0 bridgehead atoms. The van der Waals surface area contributed by atoms with Crippen LogP contribution in [-0.2, 0) is 11.3 Å². The second-order valence-electron chi connectivity index (χ2n) is 8.96. The summed E-state index contributed by atoms with van der Waals surface area (Å²) >= 11 is 0. The average molecular weight is 498 g/mol. The van der Waals surface area contributed by atoms with Crippen LogP contribution in [0.3, 0.4) is 0 Å². The normalized spacial score (nSPS) is 14.5. The predicted molar refractivity (Wildman–Crippen MR) is 139 cm³/mol. The number of benzene rings is 1. The second kappa shape index (κ2) is 10.3. The average Bonchev–Trinajstić information content (AvgIpc) is 3.59. The summed E-state index contributed by atoms with van der Waals surface area (Å²) in [6.07, 6.45) is 7.37. The van der Waals surface area contributed by atoms with Crippen molar-refractivity contribution >= 4 is 17.1 Å². The number of carbonyl (C=O) groups is 1. The van der Waals surface area contributed by atoms with E-state index in [-0.39, 0.29) is 19.1 Å². The third kappa shape index (κ3) is 4.82. The Morgan fingerprint density at radius 2 is 1.84 bits per heavy atom. The van der Waals surface area contributed by atoms with E-state index in [9.17, 15) is 15.2 Å². The largest absolute Gasteiger partial charge is 0.394 e. The van der Waals surface area contributed by atoms with Crippen molar-refractivity contribution < 1.29 is 15.0 Å². The highest BCUT2D eigenvalue weighted by atomic mass is 16.3. The molecule has 1 aliphatic heterocycles. The van der Waals surface area contributed by atoms with Gasteiger partial charge in [-0.15, -0.1) is 0 Å². The molecule has 3 aromatic heterocycles. The Morgan fingerprint density at radius 3 is 2.51 bits per heavy atom. The number of piperazine rings is 1. The number of hydrogen-bond donors (Lipinski definition) is 2. The molecule has 4 aromatic rings. The highest BCUT2D eigenvalue weighted by molar-refractivity contribution is 5.88. The number of nitriles is 1. The molecular weight excluding hydrogens is 470 g/mol. The summed E-state index contributed by atoms with van der Waals surface area (Å²) < 4.78 is 3.29. The molecular formula is C27H27N7O3. The zero-order valence-corrected chi connectivity index (χ0v) is 20.2. The Morgan fingerprint density at radius 1 is 1.08 bits per heavy atom. The van der Waals surface area contributed by atoms with Gasteiger partial charge in [0.15, 0.2) is 0 Å². The predicted octanol–water partition coefficient (Wildman–Crippen LogP) is 1.92. The van der Waals surface area contributed by atoms with Crippen LogP contribution < -0.4 is 4.90 Å². The lowest BCUT2D eigenvalue weighted by Crippen LogP contribution is -2.48. The third-order valence-electron chi connectivity index (χ3n) is 6.62. The fourth-order valence-corrected chi connectivity index (χ4v) is 4.63. The number of rotatable bonds is 7. The zero-order chi connectivity index (χ0) is 25.9. The van der Waals surface area contributed by atoms with Crippen molar-refractivity contribution in [2.24, 2.45) is 0 Å². The Balaban J connectivity index is 1.46. The molecule has 1 atom stereocenters. The lowest BCUT2D eigenvalue weighted by Gasteiger charge is -2.35. The fourth-order valence-electron chi connectivity index (χ4n) is 4.63. The minimum absolute atomic E-state index is 0.0388. The third-order valence-corrected chi connectivity index (χ3v) is 6.62. The van der Waals surface area contributed by atoms with Crippen LogP contribution in [0.15, 0.2) is 67.8 Å². The van der Waals surface area contributed by atoms with Crippen LogP contribution in [-0.4, -0.2) is 79.3 Å². The maximum absolute atomic E-state index is 11.9. The first-order valence-electron chi connectivity index (χ1n) is 12.0. The summed E-state index contributed by atoms with van der Waals surface area (Å²) in [6.45, 7) is 6.21. The molecule has 1 amide bonds. The van der Waals surface area contributed by atoms with Gasteiger partial charge in [-0.05, 0) is 29.8 Å². The van der Waals surface area contributed by atoms with E-state index in [2.05, 4.69) is 39.9 Å². The molecule has 0 unspecified atom stereocenters. The van der Waals surface area contributed by atoms with Gasteiger partial charge in [-0.1, -0.05) is 18.7 Å². The molecule has 188 valence electrons. The maximum atomic E-state index is 11.9. The molecule has 0 aliphatic carbocycles. The Labute approximate surface area is 213 Å². The number of carbonyl (C=O) groups excluding carboxylic acids is 1. The van der Waals surface area contributed by atoms with Crippen LogP contribution in [0, 0.1) is 11.3 Å². The summed E-state index contributed by atoms with van der Waals surface area (Å²) in [5.41, 5.74) is 5.75. The standard InChI is InChI=1S/C27H27N7O3/c1-2-26(37)32-9-7-31(8-10-32)23-5-3-19(4-6-23)25-11-20(16-34-27(25)21(12-28)13-30-34)22-14-29-33(15-22)17-24(36)18-35/h2-6,11,13-16,24,35-36H,1,7-10,17-18H2/t24-/m1/s1. The number of aromatic nitrogens is 4. The van der Waals surface area contributed by atoms with Gasteiger partial charge in [0.1, 0.15) is 6.07 Å². The fraction of sp³-hybridized carbons (Fsp3) is 0.259. The number of pyridine rings is 1. The Hall–Kier alpha value is -4.46. The molecule has 10 heteroatoms. The zero-order valence-electron chi connectivity index (χ0n) is 20.2. The van der Waals surface area contributed by atoms with E-state index in [1.807, 2.05) is 24.4 Å². The minimum Gasteiger partial charge on any atom is -0.394 e. The van der Waals surface area contributed by atoms with Crippen molar-refractivity contribution in [1.82, 2.24) is 24.3 Å². The summed E-state index contributed by atoms with van der Waals surface area (Å²) in [5.74, 6) is -0.0388. The Bertz CT molecular complexity index is 1470. The maximum Gasteiger partial charge on any atom is 0.246 e. The van der Waals surface area contributed by atoms with Gasteiger partial charge in [0, 0.05) is 61.0 Å². The van der Waals surface area contributed by atoms with Gasteiger partial charge in [-0.25, -0.2) is 4.52 Å². The van der Waals surface area contributed by atoms with Crippen molar-refractivity contribution in [2.75, 3.05) is 37.7 Å². The van der Waals surface area contributed by atoms with Crippen molar-refractivity contribution in [1.29, 1.82) is 5.26 Å². The first-order valence-corrected chi connectivity index (χ1v) is 12.0. The quantitative estimate of drug-likeness (QED) is 0.374. The van der Waals surface area contributed by atoms with Crippen LogP contribution in [0.5, 0.6) is 0 Å². The first-order chi connectivity index (χ1) is 18.0. The van der Waals surface area contributed by atoms with E-state index >= 15 is 0 Å². The van der Waals surface area contributed by atoms with Crippen LogP contribution in [0.4, 0.5) is 5.69 Å². The molecule has 5 rings (SSSR count). The minimum atomic E-state index is -0.890. The van der Waals surface area contributed by atoms with Crippen LogP contribution in [0.25, 0.3) is 27.8 Å². The van der Waals surface area contributed by atoms with Crippen LogP contribution >= 0.6 is 0 Å². The highest BCUT2D eigenvalue weighted by Gasteiger charge is 2.20. The highest BCUT2D eigenvalue weighted by Crippen LogP contribution is 2.33. The molecule has 1 aliphatic rings. The van der Waals surface area contributed by atoms with E-state index in [1.54, 1.807) is 32.7 Å². The molecule has 37 heavy (non-hydrogen) atoms. The van der Waals surface area contributed by atoms with Gasteiger partial charge in [0.25, 0.3) is 0 Å². The van der Waals surface area contributed by atoms with Crippen molar-refractivity contribution in [3.05, 3.63) is 73.3 Å². The number of amides is 1. The Kier molecular flexibility index (Phi) is 6.72. The number of aliphatic hydroxyl groups is 2. The van der Waals surface area contributed by atoms with E-state index < -0.39 is 6.10 Å². The number of hydrogen-bond acceptors (Lipinski definition) is 7. The molecule has 1 aromatic carbocycles. The number of anilines is 1. The lowest BCUT2D eigenvalue weighted by atomic mass is 9.99. The molecule has 2 N–H and O–H groups in total. The topological polar surface area (TPSA) is 123 Å². The summed E-state index contributed by atoms with van der Waals surface area (Å²) in [7, 11) is 0. The lowest BCUT2D eigenvalue weighted by molar-refractivity contribution is -0.126. The van der Waals surface area contributed by atoms with Crippen molar-refractivity contribution in [2.45, 2.75) is 12.6 Å². The van der Waals surface area contributed by atoms with Crippen molar-refractivity contribution in [3.8, 4) is 28.3 Å². The first kappa shape index (κ1) is 24.2. The molecule has 0 radical (unpaired) electrons. The van der Waals surface area contributed by atoms with Gasteiger partial charge < -0.3 is 20.0 Å². The summed E-state index contributed by atoms with van der Waals surface area (Å²) in [6, 6.07) is 12.4. The molecule has 1 saturated heterocycles. The summed E-state index contributed by atoms with van der Waals surface area (Å²) in [4.78, 5) is 15.9. The SMILES string of the molecule is C=CC(=O)N1CCN(c2ccc(-c3cc(-c4cnn(C[C@@H](O)CO)c4)cn4ncc(C#N)c34)cc2)CC1. The second-order valence-corrected chi connectivity index (χ2v) is 8.96. The van der Waals surface area contributed by atoms with Gasteiger partial charge in [0.05, 0.1) is 42.7 Å².